The molecule has 0 saturated carbocycles. The van der Waals surface area contributed by atoms with Crippen molar-refractivity contribution < 1.29 is 13.2 Å². The predicted molar refractivity (Wildman–Crippen MR) is 89.5 cm³/mol. The summed E-state index contributed by atoms with van der Waals surface area (Å²) in [5.74, 6) is 0.0310. The molecule has 2 aliphatic rings. The van der Waals surface area contributed by atoms with Crippen LogP contribution in [0.1, 0.15) is 0 Å². The molecule has 4 rings (SSSR count). The maximum absolute atomic E-state index is 13.0. The normalized spacial score (nSPS) is 25.7. The van der Waals surface area contributed by atoms with E-state index in [1.807, 2.05) is 60.7 Å². The number of anilines is 2. The van der Waals surface area contributed by atoms with Crippen molar-refractivity contribution in [1.29, 1.82) is 0 Å². The van der Waals surface area contributed by atoms with E-state index in [-0.39, 0.29) is 29.6 Å². The summed E-state index contributed by atoms with van der Waals surface area (Å²) in [6.45, 7) is 0. The van der Waals surface area contributed by atoms with Gasteiger partial charge in [0.1, 0.15) is 0 Å². The number of benzene rings is 2. The summed E-state index contributed by atoms with van der Waals surface area (Å²) in [7, 11) is -3.15. The van der Waals surface area contributed by atoms with E-state index in [0.29, 0.717) is 0 Å². The zero-order valence-electron chi connectivity index (χ0n) is 12.4. The SMILES string of the molecule is O=C1N(c2ccccc2)C2CS(=O)(=O)CC2N1c1ccccc1. The van der Waals surface area contributed by atoms with Gasteiger partial charge in [-0.3, -0.25) is 9.80 Å². The fraction of sp³-hybridized carbons (Fsp3) is 0.235. The molecular formula is C17H16N2O3S. The maximum Gasteiger partial charge on any atom is 0.329 e. The van der Waals surface area contributed by atoms with Crippen molar-refractivity contribution in [3.63, 3.8) is 0 Å². The van der Waals surface area contributed by atoms with Gasteiger partial charge in [-0.25, -0.2) is 13.2 Å². The number of hydrogen-bond donors (Lipinski definition) is 0. The molecular weight excluding hydrogens is 312 g/mol. The van der Waals surface area contributed by atoms with E-state index in [1.165, 1.54) is 0 Å². The maximum atomic E-state index is 13.0. The van der Waals surface area contributed by atoms with Crippen LogP contribution >= 0.6 is 0 Å². The number of sulfone groups is 1. The Balaban J connectivity index is 1.82. The molecule has 118 valence electrons. The highest BCUT2D eigenvalue weighted by atomic mass is 32.2. The number of hydrogen-bond acceptors (Lipinski definition) is 3. The van der Waals surface area contributed by atoms with Gasteiger partial charge in [0.15, 0.2) is 9.84 Å². The minimum absolute atomic E-state index is 0.0155. The summed E-state index contributed by atoms with van der Waals surface area (Å²) < 4.78 is 24.3. The van der Waals surface area contributed by atoms with Crippen LogP contribution in [0.2, 0.25) is 0 Å². The zero-order chi connectivity index (χ0) is 16.0. The smallest absolute Gasteiger partial charge is 0.288 e. The summed E-state index contributed by atoms with van der Waals surface area (Å²) in [5.41, 5.74) is 1.48. The number of nitrogens with zero attached hydrogens (tertiary/aromatic N) is 2. The Kier molecular flexibility index (Phi) is 3.16. The molecule has 0 aromatic heterocycles. The van der Waals surface area contributed by atoms with Gasteiger partial charge < -0.3 is 0 Å². The van der Waals surface area contributed by atoms with E-state index in [1.54, 1.807) is 9.80 Å². The van der Waals surface area contributed by atoms with E-state index < -0.39 is 9.84 Å². The third kappa shape index (κ3) is 2.30. The Bertz CT molecular complexity index is 773. The van der Waals surface area contributed by atoms with Crippen LogP contribution in [0.25, 0.3) is 0 Å². The van der Waals surface area contributed by atoms with Crippen LogP contribution in [0.5, 0.6) is 0 Å². The van der Waals surface area contributed by atoms with Crippen molar-refractivity contribution in [3.8, 4) is 0 Å². The Morgan fingerprint density at radius 2 is 1.13 bits per heavy atom. The van der Waals surface area contributed by atoms with Gasteiger partial charge in [-0.15, -0.1) is 0 Å². The lowest BCUT2D eigenvalue weighted by molar-refractivity contribution is 0.255. The molecule has 2 saturated heterocycles. The van der Waals surface area contributed by atoms with E-state index in [4.69, 9.17) is 0 Å². The van der Waals surface area contributed by atoms with Crippen LogP contribution in [0, 0.1) is 0 Å². The van der Waals surface area contributed by atoms with Crippen molar-refractivity contribution in [2.45, 2.75) is 12.1 Å². The number of amides is 2. The van der Waals surface area contributed by atoms with Crippen LogP contribution in [-0.2, 0) is 9.84 Å². The average Bonchev–Trinajstić information content (AvgIpc) is 2.97. The molecule has 0 bridgehead atoms. The first-order valence-electron chi connectivity index (χ1n) is 7.50. The van der Waals surface area contributed by atoms with E-state index in [0.717, 1.165) is 11.4 Å². The van der Waals surface area contributed by atoms with E-state index in [2.05, 4.69) is 0 Å². The van der Waals surface area contributed by atoms with Crippen LogP contribution in [0.3, 0.4) is 0 Å². The summed E-state index contributed by atoms with van der Waals surface area (Å²) in [6.07, 6.45) is 0. The van der Waals surface area contributed by atoms with E-state index >= 15 is 0 Å². The Labute approximate surface area is 135 Å². The fourth-order valence-corrected chi connectivity index (χ4v) is 5.40. The fourth-order valence-electron chi connectivity index (χ4n) is 3.48. The summed E-state index contributed by atoms with van der Waals surface area (Å²) >= 11 is 0. The molecule has 2 fully saturated rings. The largest absolute Gasteiger partial charge is 0.329 e. The van der Waals surface area contributed by atoms with Crippen molar-refractivity contribution in [2.24, 2.45) is 0 Å². The van der Waals surface area contributed by atoms with Gasteiger partial charge in [0.2, 0.25) is 0 Å². The van der Waals surface area contributed by atoms with Crippen LogP contribution in [0.15, 0.2) is 60.7 Å². The zero-order valence-corrected chi connectivity index (χ0v) is 13.2. The lowest BCUT2D eigenvalue weighted by Gasteiger charge is -2.22. The molecule has 0 N–H and O–H groups in total. The van der Waals surface area contributed by atoms with Gasteiger partial charge in [-0.1, -0.05) is 36.4 Å². The molecule has 0 spiro atoms. The molecule has 2 unspecified atom stereocenters. The van der Waals surface area contributed by atoms with Crippen LogP contribution in [0.4, 0.5) is 16.2 Å². The van der Waals surface area contributed by atoms with Gasteiger partial charge in [0.05, 0.1) is 23.6 Å². The molecule has 2 aliphatic heterocycles. The van der Waals surface area contributed by atoms with Crippen LogP contribution < -0.4 is 9.80 Å². The first-order chi connectivity index (χ1) is 11.1. The number of carbonyl (C=O) groups excluding carboxylic acids is 1. The second kappa shape index (κ2) is 5.09. The van der Waals surface area contributed by atoms with Crippen molar-refractivity contribution >= 4 is 27.2 Å². The highest BCUT2D eigenvalue weighted by Crippen LogP contribution is 2.37. The minimum atomic E-state index is -3.15. The average molecular weight is 328 g/mol. The molecule has 23 heavy (non-hydrogen) atoms. The standard InChI is InChI=1S/C17H16N2O3S/c20-17-18(13-7-3-1-4-8-13)15-11-23(21,22)12-16(15)19(17)14-9-5-2-6-10-14/h1-10,15-16H,11-12H2. The topological polar surface area (TPSA) is 57.7 Å². The highest BCUT2D eigenvalue weighted by molar-refractivity contribution is 7.91. The molecule has 2 atom stereocenters. The van der Waals surface area contributed by atoms with Gasteiger partial charge in [0.25, 0.3) is 0 Å². The molecule has 0 aliphatic carbocycles. The Hall–Kier alpha value is -2.34. The first kappa shape index (κ1) is 14.3. The molecule has 2 aromatic carbocycles. The lowest BCUT2D eigenvalue weighted by Crippen LogP contribution is -2.37. The number of carbonyl (C=O) groups is 1. The first-order valence-corrected chi connectivity index (χ1v) is 9.32. The lowest BCUT2D eigenvalue weighted by atomic mass is 10.1. The molecule has 6 heteroatoms. The highest BCUT2D eigenvalue weighted by Gasteiger charge is 2.54. The van der Waals surface area contributed by atoms with Crippen molar-refractivity contribution in [3.05, 3.63) is 60.7 Å². The van der Waals surface area contributed by atoms with Crippen molar-refractivity contribution in [1.82, 2.24) is 0 Å². The van der Waals surface area contributed by atoms with Gasteiger partial charge in [0, 0.05) is 11.4 Å². The molecule has 2 aromatic rings. The van der Waals surface area contributed by atoms with Crippen molar-refractivity contribution in [2.75, 3.05) is 21.3 Å². The monoisotopic (exact) mass is 328 g/mol. The Morgan fingerprint density at radius 3 is 1.52 bits per heavy atom. The number of urea groups is 1. The summed E-state index contributed by atoms with van der Waals surface area (Å²) in [4.78, 5) is 16.2. The quantitative estimate of drug-likeness (QED) is 0.795. The summed E-state index contributed by atoms with van der Waals surface area (Å²) in [6, 6.07) is 17.7. The second-order valence-electron chi connectivity index (χ2n) is 5.91. The van der Waals surface area contributed by atoms with Gasteiger partial charge in [-0.05, 0) is 24.3 Å². The minimum Gasteiger partial charge on any atom is -0.288 e. The molecule has 2 amide bonds. The number of para-hydroxylation sites is 2. The van der Waals surface area contributed by atoms with Gasteiger partial charge in [-0.2, -0.15) is 0 Å². The Morgan fingerprint density at radius 1 is 0.739 bits per heavy atom. The molecule has 2 heterocycles. The summed E-state index contributed by atoms with van der Waals surface area (Å²) in [5, 5.41) is 0. The third-order valence-electron chi connectivity index (χ3n) is 4.44. The molecule has 5 nitrogen and oxygen atoms in total. The second-order valence-corrected chi connectivity index (χ2v) is 8.06. The number of fused-ring (bicyclic) bond motifs is 1. The number of rotatable bonds is 2. The van der Waals surface area contributed by atoms with Crippen LogP contribution in [-0.4, -0.2) is 38.0 Å². The van der Waals surface area contributed by atoms with Gasteiger partial charge >= 0.3 is 6.03 Å². The predicted octanol–water partition coefficient (Wildman–Crippen LogP) is 2.30. The molecule has 0 radical (unpaired) electrons. The van der Waals surface area contributed by atoms with E-state index in [9.17, 15) is 13.2 Å². The third-order valence-corrected chi connectivity index (χ3v) is 6.14.